The SMILES string of the molecule is COc1ccc(C(=O)N/N=C\c2ccc(C)c(C)c2C)cc1OC. The molecule has 5 heteroatoms. The van der Waals surface area contributed by atoms with Gasteiger partial charge in [0.1, 0.15) is 0 Å². The third-order valence-corrected chi connectivity index (χ3v) is 4.12. The molecule has 0 saturated carbocycles. The second kappa shape index (κ2) is 7.64. The van der Waals surface area contributed by atoms with Crippen molar-refractivity contribution in [2.45, 2.75) is 20.8 Å². The van der Waals surface area contributed by atoms with E-state index in [9.17, 15) is 4.79 Å². The van der Waals surface area contributed by atoms with E-state index in [1.807, 2.05) is 19.1 Å². The van der Waals surface area contributed by atoms with E-state index in [1.165, 1.54) is 18.2 Å². The standard InChI is InChI=1S/C19H22N2O3/c1-12-6-7-16(14(3)13(12)2)11-20-21-19(22)15-8-9-17(23-4)18(10-15)24-5/h6-11H,1-5H3,(H,21,22)/b20-11-. The fourth-order valence-electron chi connectivity index (χ4n) is 2.32. The van der Waals surface area contributed by atoms with Crippen LogP contribution in [0.5, 0.6) is 11.5 Å². The van der Waals surface area contributed by atoms with Crippen molar-refractivity contribution in [1.29, 1.82) is 0 Å². The van der Waals surface area contributed by atoms with E-state index >= 15 is 0 Å². The molecule has 0 saturated heterocycles. The summed E-state index contributed by atoms with van der Waals surface area (Å²) in [4.78, 5) is 12.2. The molecule has 0 spiro atoms. The average molecular weight is 326 g/mol. The Labute approximate surface area is 142 Å². The van der Waals surface area contributed by atoms with Gasteiger partial charge in [-0.05, 0) is 61.2 Å². The molecular formula is C19H22N2O3. The smallest absolute Gasteiger partial charge is 0.271 e. The number of rotatable bonds is 5. The molecule has 0 aliphatic heterocycles. The fourth-order valence-corrected chi connectivity index (χ4v) is 2.32. The van der Waals surface area contributed by atoms with Crippen molar-refractivity contribution in [2.24, 2.45) is 5.10 Å². The molecule has 126 valence electrons. The zero-order valence-corrected chi connectivity index (χ0v) is 14.6. The van der Waals surface area contributed by atoms with Gasteiger partial charge in [-0.2, -0.15) is 5.10 Å². The average Bonchev–Trinajstić information content (AvgIpc) is 2.60. The summed E-state index contributed by atoms with van der Waals surface area (Å²) in [7, 11) is 3.08. The number of hydrogen-bond donors (Lipinski definition) is 1. The van der Waals surface area contributed by atoms with Gasteiger partial charge in [0.25, 0.3) is 5.91 Å². The van der Waals surface area contributed by atoms with Crippen LogP contribution in [0.1, 0.15) is 32.6 Å². The first kappa shape index (κ1) is 17.5. The van der Waals surface area contributed by atoms with Crippen LogP contribution in [0, 0.1) is 20.8 Å². The van der Waals surface area contributed by atoms with E-state index in [1.54, 1.807) is 31.5 Å². The molecule has 2 aromatic rings. The van der Waals surface area contributed by atoms with Gasteiger partial charge in [0.15, 0.2) is 11.5 Å². The van der Waals surface area contributed by atoms with Crippen molar-refractivity contribution in [3.05, 3.63) is 58.1 Å². The highest BCUT2D eigenvalue weighted by Gasteiger charge is 2.10. The Morgan fingerprint density at radius 1 is 1.00 bits per heavy atom. The van der Waals surface area contributed by atoms with Crippen LogP contribution in [0.4, 0.5) is 0 Å². The second-order valence-electron chi connectivity index (χ2n) is 5.49. The Hall–Kier alpha value is -2.82. The molecule has 0 heterocycles. The number of hydrogen-bond acceptors (Lipinski definition) is 4. The van der Waals surface area contributed by atoms with E-state index in [4.69, 9.17) is 9.47 Å². The van der Waals surface area contributed by atoms with Gasteiger partial charge in [0.2, 0.25) is 0 Å². The quantitative estimate of drug-likeness (QED) is 0.677. The maximum absolute atomic E-state index is 12.2. The summed E-state index contributed by atoms with van der Waals surface area (Å²) in [6, 6.07) is 8.99. The summed E-state index contributed by atoms with van der Waals surface area (Å²) in [5.41, 5.74) is 7.57. The number of carbonyl (C=O) groups excluding carboxylic acids is 1. The van der Waals surface area contributed by atoms with Gasteiger partial charge in [-0.25, -0.2) is 5.43 Å². The Kier molecular flexibility index (Phi) is 5.58. The lowest BCUT2D eigenvalue weighted by molar-refractivity contribution is 0.0954. The molecule has 0 unspecified atom stereocenters. The largest absolute Gasteiger partial charge is 0.493 e. The van der Waals surface area contributed by atoms with Gasteiger partial charge >= 0.3 is 0 Å². The lowest BCUT2D eigenvalue weighted by atomic mass is 10.00. The maximum atomic E-state index is 12.2. The highest BCUT2D eigenvalue weighted by atomic mass is 16.5. The minimum atomic E-state index is -0.311. The predicted octanol–water partition coefficient (Wildman–Crippen LogP) is 3.39. The summed E-state index contributed by atoms with van der Waals surface area (Å²) in [5.74, 6) is 0.760. The second-order valence-corrected chi connectivity index (χ2v) is 5.49. The van der Waals surface area contributed by atoms with Gasteiger partial charge in [-0.3, -0.25) is 4.79 Å². The van der Waals surface area contributed by atoms with Crippen molar-refractivity contribution in [1.82, 2.24) is 5.43 Å². The molecule has 0 aromatic heterocycles. The fraction of sp³-hybridized carbons (Fsp3) is 0.263. The molecule has 0 aliphatic rings. The zero-order chi connectivity index (χ0) is 17.7. The number of benzene rings is 2. The van der Waals surface area contributed by atoms with Gasteiger partial charge in [-0.15, -0.1) is 0 Å². The van der Waals surface area contributed by atoms with Gasteiger partial charge in [0, 0.05) is 5.56 Å². The van der Waals surface area contributed by atoms with Gasteiger partial charge in [0.05, 0.1) is 20.4 Å². The topological polar surface area (TPSA) is 59.9 Å². The minimum absolute atomic E-state index is 0.311. The number of carbonyl (C=O) groups is 1. The van der Waals surface area contributed by atoms with E-state index in [2.05, 4.69) is 24.4 Å². The van der Waals surface area contributed by atoms with Crippen LogP contribution >= 0.6 is 0 Å². The molecule has 1 amide bonds. The van der Waals surface area contributed by atoms with Gasteiger partial charge < -0.3 is 9.47 Å². The molecular weight excluding hydrogens is 304 g/mol. The Morgan fingerprint density at radius 2 is 1.71 bits per heavy atom. The predicted molar refractivity (Wildman–Crippen MR) is 95.3 cm³/mol. The number of ether oxygens (including phenoxy) is 2. The number of aryl methyl sites for hydroxylation is 1. The van der Waals surface area contributed by atoms with Crippen molar-refractivity contribution >= 4 is 12.1 Å². The molecule has 0 bridgehead atoms. The third-order valence-electron chi connectivity index (χ3n) is 4.12. The minimum Gasteiger partial charge on any atom is -0.493 e. The first-order valence-corrected chi connectivity index (χ1v) is 7.60. The first-order valence-electron chi connectivity index (χ1n) is 7.60. The Balaban J connectivity index is 2.12. The molecule has 5 nitrogen and oxygen atoms in total. The van der Waals surface area contributed by atoms with E-state index in [0.717, 1.165) is 11.1 Å². The van der Waals surface area contributed by atoms with Crippen LogP contribution in [0.3, 0.4) is 0 Å². The van der Waals surface area contributed by atoms with Crippen LogP contribution in [0.15, 0.2) is 35.4 Å². The number of nitrogens with one attached hydrogen (secondary N) is 1. The van der Waals surface area contributed by atoms with Crippen molar-refractivity contribution in [3.63, 3.8) is 0 Å². The monoisotopic (exact) mass is 326 g/mol. The summed E-state index contributed by atoms with van der Waals surface area (Å²) in [6.07, 6.45) is 1.65. The van der Waals surface area contributed by atoms with Crippen LogP contribution < -0.4 is 14.9 Å². The van der Waals surface area contributed by atoms with E-state index < -0.39 is 0 Å². The zero-order valence-electron chi connectivity index (χ0n) is 14.6. The van der Waals surface area contributed by atoms with E-state index in [-0.39, 0.29) is 5.91 Å². The molecule has 2 aromatic carbocycles. The number of nitrogens with zero attached hydrogens (tertiary/aromatic N) is 1. The lowest BCUT2D eigenvalue weighted by Gasteiger charge is -2.09. The van der Waals surface area contributed by atoms with Crippen molar-refractivity contribution in [3.8, 4) is 11.5 Å². The van der Waals surface area contributed by atoms with Crippen molar-refractivity contribution in [2.75, 3.05) is 14.2 Å². The van der Waals surface area contributed by atoms with Crippen LogP contribution in [-0.2, 0) is 0 Å². The highest BCUT2D eigenvalue weighted by Crippen LogP contribution is 2.27. The molecule has 0 radical (unpaired) electrons. The number of methoxy groups -OCH3 is 2. The molecule has 1 N–H and O–H groups in total. The highest BCUT2D eigenvalue weighted by molar-refractivity contribution is 5.95. The third kappa shape index (κ3) is 3.74. The lowest BCUT2D eigenvalue weighted by Crippen LogP contribution is -2.17. The Bertz CT molecular complexity index is 782. The van der Waals surface area contributed by atoms with Gasteiger partial charge in [-0.1, -0.05) is 12.1 Å². The van der Waals surface area contributed by atoms with Crippen LogP contribution in [0.2, 0.25) is 0 Å². The summed E-state index contributed by atoms with van der Waals surface area (Å²) in [5, 5.41) is 4.05. The summed E-state index contributed by atoms with van der Waals surface area (Å²) in [6.45, 7) is 6.19. The molecule has 24 heavy (non-hydrogen) atoms. The summed E-state index contributed by atoms with van der Waals surface area (Å²) < 4.78 is 10.4. The number of amides is 1. The maximum Gasteiger partial charge on any atom is 0.271 e. The number of hydrazone groups is 1. The normalized spacial score (nSPS) is 10.7. The van der Waals surface area contributed by atoms with Crippen LogP contribution in [-0.4, -0.2) is 26.3 Å². The van der Waals surface area contributed by atoms with Crippen LogP contribution in [0.25, 0.3) is 0 Å². The molecule has 2 rings (SSSR count). The molecule has 0 fully saturated rings. The van der Waals surface area contributed by atoms with Crippen molar-refractivity contribution < 1.29 is 14.3 Å². The Morgan fingerprint density at radius 3 is 2.38 bits per heavy atom. The molecule has 0 aliphatic carbocycles. The van der Waals surface area contributed by atoms with E-state index in [0.29, 0.717) is 17.1 Å². The first-order chi connectivity index (χ1) is 11.5. The molecule has 0 atom stereocenters. The summed E-state index contributed by atoms with van der Waals surface area (Å²) >= 11 is 0.